The molecular weight excluding hydrogens is 380 g/mol. The van der Waals surface area contributed by atoms with E-state index in [9.17, 15) is 9.90 Å². The molecule has 2 N–H and O–H groups in total. The van der Waals surface area contributed by atoms with E-state index in [1.54, 1.807) is 12.1 Å². The highest BCUT2D eigenvalue weighted by atomic mass is 16.5. The maximum absolute atomic E-state index is 13.0. The molecule has 0 bridgehead atoms. The predicted molar refractivity (Wildman–Crippen MR) is 115 cm³/mol. The van der Waals surface area contributed by atoms with E-state index in [-0.39, 0.29) is 17.2 Å². The Bertz CT molecular complexity index is 1110. The Morgan fingerprint density at radius 2 is 1.83 bits per heavy atom. The molecule has 3 aromatic rings. The van der Waals surface area contributed by atoms with Gasteiger partial charge in [0.05, 0.1) is 11.0 Å². The summed E-state index contributed by atoms with van der Waals surface area (Å²) in [6, 6.07) is 15.0. The van der Waals surface area contributed by atoms with Gasteiger partial charge in [-0.15, -0.1) is 0 Å². The lowest BCUT2D eigenvalue weighted by molar-refractivity contribution is -0.111. The van der Waals surface area contributed by atoms with Crippen molar-refractivity contribution in [2.24, 2.45) is 0 Å². The number of hydrogen-bond donors (Lipinski definition) is 2. The molecule has 2 aliphatic rings. The smallest absolute Gasteiger partial charge is 0.262 e. The van der Waals surface area contributed by atoms with Crippen LogP contribution in [0.4, 0.5) is 5.69 Å². The lowest BCUT2D eigenvalue weighted by atomic mass is 10.1. The number of carbonyl (C=O) groups is 1. The minimum atomic E-state index is -0.366. The Hall–Kier alpha value is -3.32. The Balaban J connectivity index is 1.31. The van der Waals surface area contributed by atoms with Crippen LogP contribution < -0.4 is 10.1 Å². The van der Waals surface area contributed by atoms with Crippen LogP contribution in [0.15, 0.2) is 54.3 Å². The van der Waals surface area contributed by atoms with Gasteiger partial charge in [0.25, 0.3) is 5.91 Å². The van der Waals surface area contributed by atoms with E-state index in [1.807, 2.05) is 41.0 Å². The van der Waals surface area contributed by atoms with Crippen molar-refractivity contribution in [1.29, 1.82) is 0 Å². The first-order valence-electron chi connectivity index (χ1n) is 10.3. The highest BCUT2D eigenvalue weighted by molar-refractivity contribution is 6.25. The standard InChI is InChI=1S/C23H24N4O3/c28-20-11-14-27-19-6-2-1-5-18(19)25-22(27)21(20)23(29)24-16-7-9-17(10-8-16)30-15-26-12-3-4-13-26/h1-2,5-10,28H,3-4,11-15H2,(H,24,29). The predicted octanol–water partition coefficient (Wildman–Crippen LogP) is 3.78. The Morgan fingerprint density at radius 1 is 1.07 bits per heavy atom. The number of imidazole rings is 1. The number of likely N-dealkylation sites (tertiary alicyclic amines) is 1. The average Bonchev–Trinajstić information content (AvgIpc) is 3.40. The molecule has 0 radical (unpaired) electrons. The van der Waals surface area contributed by atoms with E-state index in [1.165, 1.54) is 12.8 Å². The van der Waals surface area contributed by atoms with Gasteiger partial charge in [-0.05, 0) is 49.2 Å². The molecular formula is C23H24N4O3. The Morgan fingerprint density at radius 3 is 2.63 bits per heavy atom. The molecule has 0 atom stereocenters. The fourth-order valence-electron chi connectivity index (χ4n) is 4.10. The number of amides is 1. The number of anilines is 1. The molecule has 7 heteroatoms. The van der Waals surface area contributed by atoms with Crippen LogP contribution in [0.1, 0.15) is 25.1 Å². The molecule has 0 unspecified atom stereocenters. The number of para-hydroxylation sites is 2. The minimum Gasteiger partial charge on any atom is -0.511 e. The molecule has 30 heavy (non-hydrogen) atoms. The van der Waals surface area contributed by atoms with Crippen molar-refractivity contribution in [3.8, 4) is 5.75 Å². The molecule has 2 aromatic carbocycles. The van der Waals surface area contributed by atoms with Crippen molar-refractivity contribution in [3.63, 3.8) is 0 Å². The maximum atomic E-state index is 13.0. The maximum Gasteiger partial charge on any atom is 0.262 e. The molecule has 154 valence electrons. The van der Waals surface area contributed by atoms with Crippen LogP contribution in [0.2, 0.25) is 0 Å². The van der Waals surface area contributed by atoms with Gasteiger partial charge in [-0.25, -0.2) is 4.98 Å². The summed E-state index contributed by atoms with van der Waals surface area (Å²) in [5, 5.41) is 13.3. The second kappa shape index (κ2) is 7.84. The van der Waals surface area contributed by atoms with Crippen LogP contribution in [0.3, 0.4) is 0 Å². The summed E-state index contributed by atoms with van der Waals surface area (Å²) in [7, 11) is 0. The van der Waals surface area contributed by atoms with E-state index >= 15 is 0 Å². The molecule has 0 spiro atoms. The largest absolute Gasteiger partial charge is 0.511 e. The first-order chi connectivity index (χ1) is 14.7. The third kappa shape index (κ3) is 3.52. The second-order valence-electron chi connectivity index (χ2n) is 7.72. The van der Waals surface area contributed by atoms with Crippen LogP contribution in [-0.4, -0.2) is 45.3 Å². The quantitative estimate of drug-likeness (QED) is 0.677. The lowest BCUT2D eigenvalue weighted by Crippen LogP contribution is -2.24. The number of fused-ring (bicyclic) bond motifs is 3. The van der Waals surface area contributed by atoms with Gasteiger partial charge in [-0.2, -0.15) is 0 Å². The lowest BCUT2D eigenvalue weighted by Gasteiger charge is -2.19. The second-order valence-corrected chi connectivity index (χ2v) is 7.72. The summed E-state index contributed by atoms with van der Waals surface area (Å²) in [6.07, 6.45) is 2.86. The number of aliphatic hydroxyl groups excluding tert-OH is 1. The zero-order valence-corrected chi connectivity index (χ0v) is 16.7. The normalized spacial score (nSPS) is 16.7. The van der Waals surface area contributed by atoms with Crippen molar-refractivity contribution >= 4 is 28.2 Å². The molecule has 1 fully saturated rings. The first-order valence-corrected chi connectivity index (χ1v) is 10.3. The molecule has 2 aliphatic heterocycles. The molecule has 5 rings (SSSR count). The van der Waals surface area contributed by atoms with E-state index in [0.29, 0.717) is 31.2 Å². The number of nitrogens with zero attached hydrogens (tertiary/aromatic N) is 3. The number of aromatic nitrogens is 2. The zero-order valence-electron chi connectivity index (χ0n) is 16.7. The summed E-state index contributed by atoms with van der Waals surface area (Å²) in [5.74, 6) is 0.972. The fraction of sp³-hybridized carbons (Fsp3) is 0.304. The third-order valence-electron chi connectivity index (χ3n) is 5.69. The van der Waals surface area contributed by atoms with Crippen LogP contribution in [0.5, 0.6) is 5.75 Å². The molecule has 1 amide bonds. The SMILES string of the molecule is O=C(Nc1ccc(OCN2CCCC2)cc1)C1=C(O)CCn2c1nc1ccccc12. The van der Waals surface area contributed by atoms with Crippen molar-refractivity contribution in [3.05, 3.63) is 60.1 Å². The van der Waals surface area contributed by atoms with Crippen molar-refractivity contribution in [2.45, 2.75) is 25.8 Å². The van der Waals surface area contributed by atoms with Crippen LogP contribution in [-0.2, 0) is 11.3 Å². The van der Waals surface area contributed by atoms with Crippen LogP contribution in [0, 0.1) is 0 Å². The molecule has 3 heterocycles. The van der Waals surface area contributed by atoms with Gasteiger partial charge < -0.3 is 19.7 Å². The van der Waals surface area contributed by atoms with Gasteiger partial charge in [0.2, 0.25) is 0 Å². The van der Waals surface area contributed by atoms with E-state index in [4.69, 9.17) is 4.74 Å². The molecule has 1 aromatic heterocycles. The zero-order chi connectivity index (χ0) is 20.5. The highest BCUT2D eigenvalue weighted by Gasteiger charge is 2.28. The van der Waals surface area contributed by atoms with Crippen molar-refractivity contribution < 1.29 is 14.6 Å². The number of allylic oxidation sites excluding steroid dienone is 1. The first kappa shape index (κ1) is 18.7. The highest BCUT2D eigenvalue weighted by Crippen LogP contribution is 2.30. The van der Waals surface area contributed by atoms with Crippen molar-refractivity contribution in [2.75, 3.05) is 25.1 Å². The number of carbonyl (C=O) groups excluding carboxylic acids is 1. The third-order valence-corrected chi connectivity index (χ3v) is 5.69. The van der Waals surface area contributed by atoms with Gasteiger partial charge >= 0.3 is 0 Å². The number of aryl methyl sites for hydroxylation is 1. The summed E-state index contributed by atoms with van der Waals surface area (Å²) in [6.45, 7) is 3.35. The van der Waals surface area contributed by atoms with Crippen molar-refractivity contribution in [1.82, 2.24) is 14.5 Å². The monoisotopic (exact) mass is 404 g/mol. The van der Waals surface area contributed by atoms with E-state index < -0.39 is 0 Å². The minimum absolute atomic E-state index is 0.0703. The van der Waals surface area contributed by atoms with Gasteiger partial charge in [-0.3, -0.25) is 9.69 Å². The number of rotatable bonds is 5. The fourth-order valence-corrected chi connectivity index (χ4v) is 4.10. The number of aliphatic hydroxyl groups is 1. The van der Waals surface area contributed by atoms with E-state index in [0.717, 1.165) is 29.9 Å². The number of nitrogens with one attached hydrogen (secondary N) is 1. The van der Waals surface area contributed by atoms with Gasteiger partial charge in [0.15, 0.2) is 0 Å². The summed E-state index contributed by atoms with van der Waals surface area (Å²) in [5.41, 5.74) is 2.64. The van der Waals surface area contributed by atoms with Crippen LogP contribution >= 0.6 is 0 Å². The summed E-state index contributed by atoms with van der Waals surface area (Å²) in [4.78, 5) is 19.8. The van der Waals surface area contributed by atoms with Gasteiger partial charge in [-0.1, -0.05) is 12.1 Å². The Labute approximate surface area is 174 Å². The molecule has 0 aliphatic carbocycles. The number of hydrogen-bond acceptors (Lipinski definition) is 5. The Kier molecular flexibility index (Phi) is 4.88. The molecule has 1 saturated heterocycles. The average molecular weight is 404 g/mol. The van der Waals surface area contributed by atoms with E-state index in [2.05, 4.69) is 15.2 Å². The topological polar surface area (TPSA) is 79.6 Å². The molecule has 0 saturated carbocycles. The molecule has 7 nitrogen and oxygen atoms in total. The van der Waals surface area contributed by atoms with Gasteiger partial charge in [0, 0.05) is 31.7 Å². The van der Waals surface area contributed by atoms with Gasteiger partial charge in [0.1, 0.15) is 29.6 Å². The number of benzene rings is 2. The summed E-state index contributed by atoms with van der Waals surface area (Å²) >= 11 is 0. The van der Waals surface area contributed by atoms with Crippen LogP contribution in [0.25, 0.3) is 16.6 Å². The number of ether oxygens (including phenoxy) is 1. The summed E-state index contributed by atoms with van der Waals surface area (Å²) < 4.78 is 7.80.